The summed E-state index contributed by atoms with van der Waals surface area (Å²) in [6.07, 6.45) is -2.81. The summed E-state index contributed by atoms with van der Waals surface area (Å²) in [6.45, 7) is -1.15. The summed E-state index contributed by atoms with van der Waals surface area (Å²) in [5.41, 5.74) is 1.04. The molecule has 2 N–H and O–H groups in total. The van der Waals surface area contributed by atoms with Crippen molar-refractivity contribution in [2.45, 2.75) is 12.6 Å². The van der Waals surface area contributed by atoms with E-state index in [1.54, 1.807) is 12.1 Å². The Balaban J connectivity index is 1.74. The highest BCUT2D eigenvalue weighted by Gasteiger charge is 2.28. The topological polar surface area (TPSA) is 63.2 Å². The maximum atomic E-state index is 13.0. The molecule has 0 saturated carbocycles. The molecule has 0 fully saturated rings. The molecule has 2 aromatic rings. The van der Waals surface area contributed by atoms with Gasteiger partial charge in [-0.3, -0.25) is 0 Å². The van der Waals surface area contributed by atoms with Crippen molar-refractivity contribution < 1.29 is 27.1 Å². The van der Waals surface area contributed by atoms with Crippen LogP contribution in [0.25, 0.3) is 0 Å². The molecular formula is C16H15F4N3O2. The highest BCUT2D eigenvalue weighted by molar-refractivity contribution is 5.88. The average Bonchev–Trinajstić information content (AvgIpc) is 2.53. The van der Waals surface area contributed by atoms with Crippen LogP contribution in [-0.4, -0.2) is 30.3 Å². The molecule has 0 aliphatic carbocycles. The van der Waals surface area contributed by atoms with Gasteiger partial charge in [0, 0.05) is 12.6 Å². The molecule has 0 spiro atoms. The molecule has 5 nitrogen and oxygen atoms in total. The minimum absolute atomic E-state index is 0.200. The fraction of sp³-hybridized carbons (Fsp3) is 0.250. The van der Waals surface area contributed by atoms with Crippen LogP contribution in [0.4, 0.5) is 28.0 Å². The lowest BCUT2D eigenvalue weighted by Gasteiger charge is -2.10. The molecular weight excluding hydrogens is 342 g/mol. The number of hydrogen-bond donors (Lipinski definition) is 2. The lowest BCUT2D eigenvalue weighted by molar-refractivity contribution is -0.154. The van der Waals surface area contributed by atoms with Crippen LogP contribution in [0.5, 0.6) is 5.88 Å². The van der Waals surface area contributed by atoms with Gasteiger partial charge in [-0.15, -0.1) is 0 Å². The van der Waals surface area contributed by atoms with Crippen LogP contribution in [0.1, 0.15) is 5.56 Å². The first-order valence-corrected chi connectivity index (χ1v) is 7.27. The van der Waals surface area contributed by atoms with E-state index in [2.05, 4.69) is 20.4 Å². The van der Waals surface area contributed by atoms with Crippen LogP contribution in [0.2, 0.25) is 0 Å². The molecule has 134 valence electrons. The van der Waals surface area contributed by atoms with Crippen LogP contribution in [-0.2, 0) is 6.42 Å². The van der Waals surface area contributed by atoms with Crippen LogP contribution in [0.15, 0.2) is 42.6 Å². The molecule has 1 aromatic heterocycles. The summed E-state index contributed by atoms with van der Waals surface area (Å²) in [6, 6.07) is 8.11. The standard InChI is InChI=1S/C16H15F4N3O2/c17-12-3-1-2-11(8-12)6-7-21-15(24)23-13-4-5-14(22-9-13)25-10-16(18,19)20/h1-5,8-9H,6-7,10H2,(H2,21,23,24). The second-order valence-electron chi connectivity index (χ2n) is 5.05. The molecule has 0 radical (unpaired) electrons. The Hall–Kier alpha value is -2.84. The molecule has 2 amide bonds. The number of carbonyl (C=O) groups is 1. The number of nitrogens with zero attached hydrogens (tertiary/aromatic N) is 1. The van der Waals surface area contributed by atoms with Crippen molar-refractivity contribution in [2.75, 3.05) is 18.5 Å². The molecule has 1 heterocycles. The minimum atomic E-state index is -4.44. The monoisotopic (exact) mass is 357 g/mol. The van der Waals surface area contributed by atoms with E-state index >= 15 is 0 Å². The smallest absolute Gasteiger partial charge is 0.422 e. The fourth-order valence-corrected chi connectivity index (χ4v) is 1.88. The molecule has 1 aromatic carbocycles. The molecule has 0 atom stereocenters. The number of anilines is 1. The number of benzene rings is 1. The summed E-state index contributed by atoms with van der Waals surface area (Å²) < 4.78 is 53.5. The number of hydrogen-bond acceptors (Lipinski definition) is 3. The van der Waals surface area contributed by atoms with Crippen molar-refractivity contribution in [1.82, 2.24) is 10.3 Å². The van der Waals surface area contributed by atoms with E-state index in [1.165, 1.54) is 30.5 Å². The Morgan fingerprint density at radius 1 is 1.20 bits per heavy atom. The van der Waals surface area contributed by atoms with Crippen LogP contribution in [0, 0.1) is 5.82 Å². The fourth-order valence-electron chi connectivity index (χ4n) is 1.88. The number of nitrogens with one attached hydrogen (secondary N) is 2. The van der Waals surface area contributed by atoms with Crippen molar-refractivity contribution >= 4 is 11.7 Å². The molecule has 0 unspecified atom stereocenters. The van der Waals surface area contributed by atoms with E-state index in [4.69, 9.17) is 0 Å². The summed E-state index contributed by atoms with van der Waals surface area (Å²) in [5, 5.41) is 5.05. The Morgan fingerprint density at radius 3 is 2.64 bits per heavy atom. The highest BCUT2D eigenvalue weighted by atomic mass is 19.4. The van der Waals surface area contributed by atoms with Crippen LogP contribution in [0.3, 0.4) is 0 Å². The number of aromatic nitrogens is 1. The number of rotatable bonds is 6. The van der Waals surface area contributed by atoms with Gasteiger partial charge in [-0.2, -0.15) is 13.2 Å². The first kappa shape index (κ1) is 18.5. The van der Waals surface area contributed by atoms with Crippen LogP contribution >= 0.6 is 0 Å². The third-order valence-electron chi connectivity index (χ3n) is 2.97. The van der Waals surface area contributed by atoms with Gasteiger partial charge < -0.3 is 15.4 Å². The zero-order chi connectivity index (χ0) is 18.3. The SMILES string of the molecule is O=C(NCCc1cccc(F)c1)Nc1ccc(OCC(F)(F)F)nc1. The second-order valence-corrected chi connectivity index (χ2v) is 5.05. The number of halogens is 4. The van der Waals surface area contributed by atoms with E-state index in [1.807, 2.05) is 0 Å². The van der Waals surface area contributed by atoms with Crippen LogP contribution < -0.4 is 15.4 Å². The van der Waals surface area contributed by atoms with Crippen molar-refractivity contribution in [3.05, 3.63) is 54.0 Å². The molecule has 2 rings (SSSR count). The number of alkyl halides is 3. The lowest BCUT2D eigenvalue weighted by Crippen LogP contribution is -2.30. The third-order valence-corrected chi connectivity index (χ3v) is 2.97. The van der Waals surface area contributed by atoms with E-state index < -0.39 is 18.8 Å². The third kappa shape index (κ3) is 7.06. The first-order chi connectivity index (χ1) is 11.8. The van der Waals surface area contributed by atoms with Gasteiger partial charge in [-0.1, -0.05) is 12.1 Å². The summed E-state index contributed by atoms with van der Waals surface area (Å²) in [4.78, 5) is 15.4. The second kappa shape index (κ2) is 8.32. The van der Waals surface area contributed by atoms with Crippen molar-refractivity contribution in [1.29, 1.82) is 0 Å². The molecule has 0 bridgehead atoms. The van der Waals surface area contributed by atoms with E-state index in [0.717, 1.165) is 5.56 Å². The Labute approximate surface area is 141 Å². The predicted octanol–water partition coefficient (Wildman–Crippen LogP) is 3.53. The molecule has 0 aliphatic rings. The zero-order valence-electron chi connectivity index (χ0n) is 12.9. The van der Waals surface area contributed by atoms with Gasteiger partial charge in [0.2, 0.25) is 5.88 Å². The maximum Gasteiger partial charge on any atom is 0.422 e. The van der Waals surface area contributed by atoms with Gasteiger partial charge in [-0.05, 0) is 30.2 Å². The van der Waals surface area contributed by atoms with Gasteiger partial charge in [0.1, 0.15) is 5.82 Å². The minimum Gasteiger partial charge on any atom is -0.468 e. The molecule has 9 heteroatoms. The normalized spacial score (nSPS) is 11.0. The number of ether oxygens (including phenoxy) is 1. The highest BCUT2D eigenvalue weighted by Crippen LogP contribution is 2.18. The molecule has 25 heavy (non-hydrogen) atoms. The maximum absolute atomic E-state index is 13.0. The van der Waals surface area contributed by atoms with Gasteiger partial charge >= 0.3 is 12.2 Å². The summed E-state index contributed by atoms with van der Waals surface area (Å²) in [7, 11) is 0. The van der Waals surface area contributed by atoms with Gasteiger partial charge in [0.05, 0.1) is 11.9 Å². The quantitative estimate of drug-likeness (QED) is 0.778. The Morgan fingerprint density at radius 2 is 2.00 bits per heavy atom. The number of pyridine rings is 1. The first-order valence-electron chi connectivity index (χ1n) is 7.27. The van der Waals surface area contributed by atoms with E-state index in [0.29, 0.717) is 12.1 Å². The number of carbonyl (C=O) groups excluding carboxylic acids is 1. The molecule has 0 aliphatic heterocycles. The number of urea groups is 1. The average molecular weight is 357 g/mol. The van der Waals surface area contributed by atoms with E-state index in [9.17, 15) is 22.4 Å². The van der Waals surface area contributed by atoms with Crippen molar-refractivity contribution in [3.63, 3.8) is 0 Å². The van der Waals surface area contributed by atoms with Crippen molar-refractivity contribution in [3.8, 4) is 5.88 Å². The summed E-state index contributed by atoms with van der Waals surface area (Å²) >= 11 is 0. The van der Waals surface area contributed by atoms with Gasteiger partial charge in [-0.25, -0.2) is 14.2 Å². The van der Waals surface area contributed by atoms with Crippen molar-refractivity contribution in [2.24, 2.45) is 0 Å². The van der Waals surface area contributed by atoms with E-state index in [-0.39, 0.29) is 18.2 Å². The molecule has 0 saturated heterocycles. The largest absolute Gasteiger partial charge is 0.468 e. The van der Waals surface area contributed by atoms with Gasteiger partial charge in [0.15, 0.2) is 6.61 Å². The summed E-state index contributed by atoms with van der Waals surface area (Å²) in [5.74, 6) is -0.546. The Kier molecular flexibility index (Phi) is 6.15. The number of amides is 2. The predicted molar refractivity (Wildman–Crippen MR) is 82.9 cm³/mol. The lowest BCUT2D eigenvalue weighted by atomic mass is 10.1. The van der Waals surface area contributed by atoms with Gasteiger partial charge in [0.25, 0.3) is 0 Å². The Bertz CT molecular complexity index is 705. The zero-order valence-corrected chi connectivity index (χ0v) is 12.9.